The smallest absolute Gasteiger partial charge is 0.313 e. The fraction of sp³-hybridized carbons (Fsp3) is 0.903. The third kappa shape index (κ3) is 7.05. The zero-order chi connectivity index (χ0) is 31.8. The number of carbonyl (C=O) groups excluding carboxylic acids is 3. The van der Waals surface area contributed by atoms with Crippen LogP contribution in [-0.4, -0.2) is 58.8 Å². The van der Waals surface area contributed by atoms with Crippen molar-refractivity contribution in [1.82, 2.24) is 0 Å². The second kappa shape index (κ2) is 12.2. The maximum atomic E-state index is 13.9. The number of halogens is 1. The van der Waals surface area contributed by atoms with Crippen LogP contribution < -0.4 is 5.73 Å². The minimum atomic E-state index is -1.02. The lowest BCUT2D eigenvalue weighted by atomic mass is 9.56. The van der Waals surface area contributed by atoms with Crippen molar-refractivity contribution in [2.45, 2.75) is 125 Å². The van der Waals surface area contributed by atoms with Crippen molar-refractivity contribution >= 4 is 33.8 Å². The molecule has 0 aliphatic heterocycles. The van der Waals surface area contributed by atoms with E-state index in [0.717, 1.165) is 0 Å². The van der Waals surface area contributed by atoms with Crippen LogP contribution in [-0.2, 0) is 28.6 Å². The Bertz CT molecular complexity index is 934. The Kier molecular flexibility index (Phi) is 11.2. The maximum absolute atomic E-state index is 13.9. The van der Waals surface area contributed by atoms with E-state index >= 15 is 0 Å². The molecule has 0 saturated heterocycles. The van der Waals surface area contributed by atoms with Gasteiger partial charge in [0.25, 0.3) is 0 Å². The molecule has 234 valence electrons. The van der Waals surface area contributed by atoms with Crippen LogP contribution in [0.15, 0.2) is 0 Å². The van der Waals surface area contributed by atoms with Crippen LogP contribution in [0.1, 0.15) is 109 Å². The molecule has 9 heteroatoms. The standard InChI is InChI=1S/C31H56BrNO7/c1-20(2)39-22(35)27(7,8)28(9,10)31(24(37)38-17-15-33)18-21(31)25(3,4)19-30(13,29(11,12)32)23(36)40-26(5,6)14-16-34/h20-21,34H,14-19,33H2,1-13H3. The summed E-state index contributed by atoms with van der Waals surface area (Å²) in [5.41, 5.74) is 0.422. The number of aliphatic hydroxyl groups is 1. The van der Waals surface area contributed by atoms with Gasteiger partial charge in [-0.3, -0.25) is 14.4 Å². The number of rotatable bonds is 15. The number of hydrogen-bond acceptors (Lipinski definition) is 8. The Morgan fingerprint density at radius 1 is 0.975 bits per heavy atom. The minimum absolute atomic E-state index is 0.0824. The molecule has 1 aliphatic carbocycles. The third-order valence-corrected chi connectivity index (χ3v) is 10.7. The predicted octanol–water partition coefficient (Wildman–Crippen LogP) is 5.80. The summed E-state index contributed by atoms with van der Waals surface area (Å²) in [5, 5.41) is 9.46. The Hall–Kier alpha value is -1.19. The molecule has 0 radical (unpaired) electrons. The first-order chi connectivity index (χ1) is 17.8. The van der Waals surface area contributed by atoms with Gasteiger partial charge in [-0.25, -0.2) is 0 Å². The largest absolute Gasteiger partial charge is 0.464 e. The number of nitrogens with two attached hydrogens (primary N) is 1. The molecule has 0 aromatic carbocycles. The fourth-order valence-corrected chi connectivity index (χ4v) is 6.38. The summed E-state index contributed by atoms with van der Waals surface area (Å²) in [6.07, 6.45) is 0.918. The highest BCUT2D eigenvalue weighted by molar-refractivity contribution is 9.10. The molecule has 0 amide bonds. The molecule has 1 rings (SSSR count). The van der Waals surface area contributed by atoms with Crippen molar-refractivity contribution in [3.8, 4) is 0 Å². The molecule has 0 aromatic heterocycles. The normalized spacial score (nSPS) is 22.0. The van der Waals surface area contributed by atoms with E-state index in [-0.39, 0.29) is 49.7 Å². The van der Waals surface area contributed by atoms with E-state index in [1.54, 1.807) is 27.7 Å². The van der Waals surface area contributed by atoms with Gasteiger partial charge in [0.05, 0.1) is 22.3 Å². The fourth-order valence-electron chi connectivity index (χ4n) is 6.08. The number of aliphatic hydroxyl groups excluding tert-OH is 1. The van der Waals surface area contributed by atoms with E-state index in [0.29, 0.717) is 19.3 Å². The van der Waals surface area contributed by atoms with Crippen LogP contribution in [0.4, 0.5) is 0 Å². The summed E-state index contributed by atoms with van der Waals surface area (Å²) in [6, 6.07) is 0. The minimum Gasteiger partial charge on any atom is -0.464 e. The summed E-state index contributed by atoms with van der Waals surface area (Å²) in [4.78, 5) is 41.0. The lowest BCUT2D eigenvalue weighted by Crippen LogP contribution is -2.53. The highest BCUT2D eigenvalue weighted by atomic mass is 79.9. The summed E-state index contributed by atoms with van der Waals surface area (Å²) < 4.78 is 16.6. The summed E-state index contributed by atoms with van der Waals surface area (Å²) >= 11 is 3.76. The van der Waals surface area contributed by atoms with Gasteiger partial charge < -0.3 is 25.1 Å². The zero-order valence-corrected chi connectivity index (χ0v) is 28.8. The lowest BCUT2D eigenvalue weighted by Gasteiger charge is -2.48. The Balaban J connectivity index is 3.60. The molecule has 0 spiro atoms. The molecule has 1 saturated carbocycles. The van der Waals surface area contributed by atoms with Crippen LogP contribution in [0.25, 0.3) is 0 Å². The number of esters is 3. The number of hydrogen-bond donors (Lipinski definition) is 2. The quantitative estimate of drug-likeness (QED) is 0.132. The van der Waals surface area contributed by atoms with E-state index in [4.69, 9.17) is 19.9 Å². The van der Waals surface area contributed by atoms with Crippen molar-refractivity contribution < 1.29 is 33.7 Å². The average molecular weight is 635 g/mol. The third-order valence-electron chi connectivity index (χ3n) is 9.80. The van der Waals surface area contributed by atoms with Crippen LogP contribution in [0.3, 0.4) is 0 Å². The van der Waals surface area contributed by atoms with Gasteiger partial charge in [-0.1, -0.05) is 43.6 Å². The molecular weight excluding hydrogens is 578 g/mol. The van der Waals surface area contributed by atoms with E-state index in [9.17, 15) is 19.5 Å². The van der Waals surface area contributed by atoms with Gasteiger partial charge in [-0.15, -0.1) is 0 Å². The molecule has 1 aliphatic rings. The molecule has 0 bridgehead atoms. The summed E-state index contributed by atoms with van der Waals surface area (Å²) in [7, 11) is 0. The van der Waals surface area contributed by atoms with Crippen molar-refractivity contribution in [1.29, 1.82) is 0 Å². The predicted molar refractivity (Wildman–Crippen MR) is 161 cm³/mol. The molecule has 3 N–H and O–H groups in total. The molecule has 0 heterocycles. The first-order valence-corrected chi connectivity index (χ1v) is 15.2. The molecular formula is C31H56BrNO7. The highest BCUT2D eigenvalue weighted by Crippen LogP contribution is 2.75. The second-order valence-electron chi connectivity index (χ2n) is 14.9. The topological polar surface area (TPSA) is 125 Å². The van der Waals surface area contributed by atoms with Crippen molar-refractivity contribution in [2.24, 2.45) is 38.7 Å². The Morgan fingerprint density at radius 3 is 1.93 bits per heavy atom. The zero-order valence-electron chi connectivity index (χ0n) is 27.2. The van der Waals surface area contributed by atoms with Gasteiger partial charge in [0.15, 0.2) is 0 Å². The number of alkyl halides is 1. The van der Waals surface area contributed by atoms with Crippen molar-refractivity contribution in [3.05, 3.63) is 0 Å². The molecule has 8 nitrogen and oxygen atoms in total. The highest BCUT2D eigenvalue weighted by Gasteiger charge is 2.76. The van der Waals surface area contributed by atoms with Gasteiger partial charge in [-0.2, -0.15) is 0 Å². The first-order valence-electron chi connectivity index (χ1n) is 14.4. The number of ether oxygens (including phenoxy) is 3. The van der Waals surface area contributed by atoms with Crippen molar-refractivity contribution in [2.75, 3.05) is 19.8 Å². The summed E-state index contributed by atoms with van der Waals surface area (Å²) in [6.45, 7) is 24.8. The first kappa shape index (κ1) is 36.8. The van der Waals surface area contributed by atoms with Gasteiger partial charge in [0, 0.05) is 23.9 Å². The Morgan fingerprint density at radius 2 is 1.50 bits per heavy atom. The monoisotopic (exact) mass is 633 g/mol. The van der Waals surface area contributed by atoms with Crippen molar-refractivity contribution in [3.63, 3.8) is 0 Å². The summed E-state index contributed by atoms with van der Waals surface area (Å²) in [5.74, 6) is -1.32. The second-order valence-corrected chi connectivity index (χ2v) is 16.9. The van der Waals surface area contributed by atoms with E-state index in [2.05, 4.69) is 29.8 Å². The van der Waals surface area contributed by atoms with Crippen LogP contribution in [0.2, 0.25) is 0 Å². The van der Waals surface area contributed by atoms with Gasteiger partial charge in [0.2, 0.25) is 0 Å². The molecule has 0 aromatic rings. The Labute approximate surface area is 251 Å². The van der Waals surface area contributed by atoms with Crippen LogP contribution >= 0.6 is 15.9 Å². The maximum Gasteiger partial charge on any atom is 0.313 e. The lowest BCUT2D eigenvalue weighted by molar-refractivity contribution is -0.178. The van der Waals surface area contributed by atoms with Crippen LogP contribution in [0, 0.1) is 33.0 Å². The van der Waals surface area contributed by atoms with Gasteiger partial charge >= 0.3 is 17.9 Å². The van der Waals surface area contributed by atoms with E-state index in [1.807, 2.05) is 48.5 Å². The van der Waals surface area contributed by atoms with Gasteiger partial charge in [0.1, 0.15) is 12.2 Å². The van der Waals surface area contributed by atoms with E-state index in [1.165, 1.54) is 0 Å². The molecule has 40 heavy (non-hydrogen) atoms. The van der Waals surface area contributed by atoms with Crippen LogP contribution in [0.5, 0.6) is 0 Å². The SMILES string of the molecule is CC(C)OC(=O)C(C)(C)C(C)(C)C1(C(=O)OCCN)CC1C(C)(C)CC(C)(C(=O)OC(C)(C)CCO)C(C)(C)Br. The molecule has 3 unspecified atom stereocenters. The molecule has 1 fully saturated rings. The average Bonchev–Trinajstić information content (AvgIpc) is 3.54. The molecule has 3 atom stereocenters. The van der Waals surface area contributed by atoms with E-state index < -0.39 is 37.0 Å². The number of carbonyl (C=O) groups is 3. The van der Waals surface area contributed by atoms with Gasteiger partial charge in [-0.05, 0) is 91.9 Å².